The molecule has 19 heavy (non-hydrogen) atoms. The highest BCUT2D eigenvalue weighted by molar-refractivity contribution is 7.89. The minimum absolute atomic E-state index is 0.0809. The molecule has 104 valence electrons. The molecule has 5 nitrogen and oxygen atoms in total. The first-order chi connectivity index (χ1) is 8.82. The quantitative estimate of drug-likeness (QED) is 0.891. The summed E-state index contributed by atoms with van der Waals surface area (Å²) >= 11 is 0. The third kappa shape index (κ3) is 2.96. The van der Waals surface area contributed by atoms with E-state index in [0.29, 0.717) is 18.4 Å². The Morgan fingerprint density at radius 2 is 1.89 bits per heavy atom. The van der Waals surface area contributed by atoms with Gasteiger partial charge in [0.25, 0.3) is 0 Å². The van der Waals surface area contributed by atoms with Crippen molar-refractivity contribution in [3.8, 4) is 0 Å². The maximum absolute atomic E-state index is 12.3. The molecule has 0 radical (unpaired) electrons. The van der Waals surface area contributed by atoms with Crippen molar-refractivity contribution in [2.75, 3.05) is 13.6 Å². The Morgan fingerprint density at radius 3 is 2.32 bits per heavy atom. The summed E-state index contributed by atoms with van der Waals surface area (Å²) in [5.41, 5.74) is 0.0809. The van der Waals surface area contributed by atoms with Crippen LogP contribution >= 0.6 is 0 Å². The van der Waals surface area contributed by atoms with Crippen LogP contribution in [0.5, 0.6) is 0 Å². The van der Waals surface area contributed by atoms with Crippen LogP contribution in [0, 0.1) is 11.8 Å². The average Bonchev–Trinajstić information content (AvgIpc) is 3.04. The summed E-state index contributed by atoms with van der Waals surface area (Å²) in [6.07, 6.45) is 1.07. The van der Waals surface area contributed by atoms with Gasteiger partial charge < -0.3 is 5.11 Å². The Labute approximate surface area is 112 Å². The number of carboxylic acids is 1. The molecule has 2 atom stereocenters. The molecular formula is C13H17NO4S. The lowest BCUT2D eigenvalue weighted by atomic mass is 10.2. The van der Waals surface area contributed by atoms with Crippen LogP contribution in [0.3, 0.4) is 0 Å². The number of hydrogen-bond donors (Lipinski definition) is 1. The van der Waals surface area contributed by atoms with Gasteiger partial charge in [-0.1, -0.05) is 6.92 Å². The van der Waals surface area contributed by atoms with Crippen LogP contribution in [-0.2, 0) is 10.0 Å². The summed E-state index contributed by atoms with van der Waals surface area (Å²) in [7, 11) is -1.96. The van der Waals surface area contributed by atoms with Gasteiger partial charge in [-0.25, -0.2) is 17.5 Å². The van der Waals surface area contributed by atoms with E-state index in [1.165, 1.54) is 28.6 Å². The van der Waals surface area contributed by atoms with E-state index in [0.717, 1.165) is 6.42 Å². The number of nitrogens with zero attached hydrogens (tertiary/aromatic N) is 1. The van der Waals surface area contributed by atoms with Crippen molar-refractivity contribution in [2.24, 2.45) is 11.8 Å². The molecule has 0 amide bonds. The number of carboxylic acid groups (broad SMARTS) is 1. The maximum Gasteiger partial charge on any atom is 0.335 e. The zero-order valence-corrected chi connectivity index (χ0v) is 11.7. The van der Waals surface area contributed by atoms with E-state index in [4.69, 9.17) is 5.11 Å². The summed E-state index contributed by atoms with van der Waals surface area (Å²) in [6, 6.07) is 5.29. The lowest BCUT2D eigenvalue weighted by Crippen LogP contribution is -2.29. The highest BCUT2D eigenvalue weighted by Crippen LogP contribution is 2.38. The van der Waals surface area contributed by atoms with Crippen molar-refractivity contribution < 1.29 is 18.3 Å². The molecule has 1 N–H and O–H groups in total. The van der Waals surface area contributed by atoms with E-state index in [1.54, 1.807) is 7.05 Å². The lowest BCUT2D eigenvalue weighted by molar-refractivity contribution is 0.0696. The van der Waals surface area contributed by atoms with Gasteiger partial charge in [-0.05, 0) is 42.5 Å². The topological polar surface area (TPSA) is 74.7 Å². The predicted molar refractivity (Wildman–Crippen MR) is 70.5 cm³/mol. The van der Waals surface area contributed by atoms with Crippen molar-refractivity contribution in [1.29, 1.82) is 0 Å². The Hall–Kier alpha value is -1.40. The predicted octanol–water partition coefficient (Wildman–Crippen LogP) is 1.66. The fraction of sp³-hybridized carbons (Fsp3) is 0.462. The molecule has 1 aromatic carbocycles. The third-order valence-electron chi connectivity index (χ3n) is 3.58. The van der Waals surface area contributed by atoms with Crippen LogP contribution in [0.2, 0.25) is 0 Å². The van der Waals surface area contributed by atoms with E-state index in [1.807, 2.05) is 0 Å². The van der Waals surface area contributed by atoms with Crippen molar-refractivity contribution in [1.82, 2.24) is 4.31 Å². The van der Waals surface area contributed by atoms with Gasteiger partial charge in [-0.3, -0.25) is 0 Å². The zero-order valence-electron chi connectivity index (χ0n) is 10.9. The van der Waals surface area contributed by atoms with Gasteiger partial charge in [-0.2, -0.15) is 0 Å². The Morgan fingerprint density at radius 1 is 1.37 bits per heavy atom. The number of carbonyl (C=O) groups is 1. The van der Waals surface area contributed by atoms with Gasteiger partial charge in [0.1, 0.15) is 0 Å². The first kappa shape index (κ1) is 14.0. The summed E-state index contributed by atoms with van der Waals surface area (Å²) < 4.78 is 25.9. The van der Waals surface area contributed by atoms with Gasteiger partial charge in [-0.15, -0.1) is 0 Å². The number of rotatable bonds is 5. The molecule has 2 unspecified atom stereocenters. The Bertz CT molecular complexity index is 579. The molecule has 1 aliphatic carbocycles. The standard InChI is InChI=1S/C13H17NO4S/c1-9-7-11(9)8-14(2)19(17,18)12-5-3-10(4-6-12)13(15)16/h3-6,9,11H,7-8H2,1-2H3,(H,15,16). The van der Waals surface area contributed by atoms with Gasteiger partial charge in [0, 0.05) is 13.6 Å². The van der Waals surface area contributed by atoms with Crippen LogP contribution in [0.1, 0.15) is 23.7 Å². The fourth-order valence-corrected chi connectivity index (χ4v) is 3.26. The number of benzene rings is 1. The Kier molecular flexibility index (Phi) is 3.64. The first-order valence-corrected chi connectivity index (χ1v) is 7.56. The minimum Gasteiger partial charge on any atom is -0.478 e. The van der Waals surface area contributed by atoms with Crippen molar-refractivity contribution in [3.05, 3.63) is 29.8 Å². The SMILES string of the molecule is CC1CC1CN(C)S(=O)(=O)c1ccc(C(=O)O)cc1. The second kappa shape index (κ2) is 4.94. The molecule has 1 fully saturated rings. The molecular weight excluding hydrogens is 266 g/mol. The highest BCUT2D eigenvalue weighted by atomic mass is 32.2. The van der Waals surface area contributed by atoms with Crippen molar-refractivity contribution >= 4 is 16.0 Å². The summed E-state index contributed by atoms with van der Waals surface area (Å²) in [6.45, 7) is 2.62. The number of hydrogen-bond acceptors (Lipinski definition) is 3. The molecule has 2 rings (SSSR count). The van der Waals surface area contributed by atoms with Crippen LogP contribution in [0.4, 0.5) is 0 Å². The summed E-state index contributed by atoms with van der Waals surface area (Å²) in [5, 5.41) is 8.78. The molecule has 0 bridgehead atoms. The van der Waals surface area contributed by atoms with Crippen LogP contribution in [0.15, 0.2) is 29.2 Å². The number of sulfonamides is 1. The molecule has 1 aliphatic rings. The smallest absolute Gasteiger partial charge is 0.335 e. The average molecular weight is 283 g/mol. The molecule has 0 spiro atoms. The molecule has 0 aliphatic heterocycles. The van der Waals surface area contributed by atoms with E-state index < -0.39 is 16.0 Å². The molecule has 1 saturated carbocycles. The lowest BCUT2D eigenvalue weighted by Gasteiger charge is -2.17. The second-order valence-corrected chi connectivity index (χ2v) is 7.13. The maximum atomic E-state index is 12.3. The highest BCUT2D eigenvalue weighted by Gasteiger charge is 2.36. The largest absolute Gasteiger partial charge is 0.478 e. The normalized spacial score (nSPS) is 22.5. The van der Waals surface area contributed by atoms with Crippen LogP contribution < -0.4 is 0 Å². The van der Waals surface area contributed by atoms with E-state index in [9.17, 15) is 13.2 Å². The molecule has 0 saturated heterocycles. The Balaban J connectivity index is 2.16. The fourth-order valence-electron chi connectivity index (χ4n) is 2.03. The van der Waals surface area contributed by atoms with Crippen LogP contribution in [0.25, 0.3) is 0 Å². The van der Waals surface area contributed by atoms with Gasteiger partial charge in [0.2, 0.25) is 10.0 Å². The monoisotopic (exact) mass is 283 g/mol. The minimum atomic E-state index is -3.52. The molecule has 0 aromatic heterocycles. The van der Waals surface area contributed by atoms with Crippen molar-refractivity contribution in [3.63, 3.8) is 0 Å². The first-order valence-electron chi connectivity index (χ1n) is 6.12. The number of aromatic carboxylic acids is 1. The summed E-state index contributed by atoms with van der Waals surface area (Å²) in [5.74, 6) is -0.0331. The van der Waals surface area contributed by atoms with E-state index in [-0.39, 0.29) is 10.5 Å². The van der Waals surface area contributed by atoms with Gasteiger partial charge in [0.15, 0.2) is 0 Å². The molecule has 0 heterocycles. The molecule has 1 aromatic rings. The van der Waals surface area contributed by atoms with E-state index >= 15 is 0 Å². The van der Waals surface area contributed by atoms with Gasteiger partial charge in [0.05, 0.1) is 10.5 Å². The van der Waals surface area contributed by atoms with E-state index in [2.05, 4.69) is 6.92 Å². The second-order valence-electron chi connectivity index (χ2n) is 5.09. The van der Waals surface area contributed by atoms with Gasteiger partial charge >= 0.3 is 5.97 Å². The molecule has 6 heteroatoms. The zero-order chi connectivity index (χ0) is 14.2. The van der Waals surface area contributed by atoms with Crippen LogP contribution in [-0.4, -0.2) is 37.4 Å². The van der Waals surface area contributed by atoms with Crippen molar-refractivity contribution in [2.45, 2.75) is 18.2 Å². The summed E-state index contributed by atoms with van der Waals surface area (Å²) in [4.78, 5) is 10.9. The third-order valence-corrected chi connectivity index (χ3v) is 5.41.